The minimum Gasteiger partial charge on any atom is -0.396 e. The lowest BCUT2D eigenvalue weighted by Gasteiger charge is -2.11. The van der Waals surface area contributed by atoms with E-state index in [1.165, 1.54) is 16.3 Å². The molecule has 2 nitrogen and oxygen atoms in total. The van der Waals surface area contributed by atoms with E-state index in [1.807, 2.05) is 0 Å². The molecule has 1 aromatic heterocycles. The average Bonchev–Trinajstić information content (AvgIpc) is 2.60. The van der Waals surface area contributed by atoms with Gasteiger partial charge in [-0.15, -0.1) is 0 Å². The van der Waals surface area contributed by atoms with Crippen molar-refractivity contribution in [3.05, 3.63) is 77.9 Å². The zero-order valence-corrected chi connectivity index (χ0v) is 13.7. The van der Waals surface area contributed by atoms with Crippen LogP contribution in [0.15, 0.2) is 66.7 Å². The van der Waals surface area contributed by atoms with Gasteiger partial charge in [0.15, 0.2) is 0 Å². The molecule has 0 bridgehead atoms. The Morgan fingerprint density at radius 3 is 2.25 bits per heavy atom. The lowest BCUT2D eigenvalue weighted by Crippen LogP contribution is -1.98. The van der Waals surface area contributed by atoms with Gasteiger partial charge in [-0.25, -0.2) is 4.98 Å². The van der Waals surface area contributed by atoms with Crippen molar-refractivity contribution in [2.24, 2.45) is 0 Å². The average molecular weight is 313 g/mol. The van der Waals surface area contributed by atoms with E-state index in [1.54, 1.807) is 0 Å². The zero-order valence-electron chi connectivity index (χ0n) is 13.7. The van der Waals surface area contributed by atoms with Crippen LogP contribution in [-0.2, 0) is 6.42 Å². The summed E-state index contributed by atoms with van der Waals surface area (Å²) in [6, 6.07) is 23.2. The highest BCUT2D eigenvalue weighted by molar-refractivity contribution is 5.97. The number of aliphatic hydroxyl groups excluding tert-OH is 1. The molecular weight excluding hydrogens is 294 g/mol. The summed E-state index contributed by atoms with van der Waals surface area (Å²) in [5.74, 6) is 0. The maximum atomic E-state index is 9.45. The number of benzene rings is 3. The number of rotatable bonds is 3. The molecule has 0 aliphatic rings. The number of hydrogen-bond acceptors (Lipinski definition) is 2. The summed E-state index contributed by atoms with van der Waals surface area (Å²) in [6.07, 6.45) is 0.610. The molecule has 0 radical (unpaired) electrons. The number of nitrogens with zero attached hydrogens (tertiary/aromatic N) is 1. The van der Waals surface area contributed by atoms with Crippen LogP contribution in [0, 0.1) is 6.92 Å². The summed E-state index contributed by atoms with van der Waals surface area (Å²) in [5.41, 5.74) is 5.37. The largest absolute Gasteiger partial charge is 0.396 e. The minimum absolute atomic E-state index is 0.125. The highest BCUT2D eigenvalue weighted by Gasteiger charge is 2.10. The third kappa shape index (κ3) is 2.66. The Morgan fingerprint density at radius 1 is 0.833 bits per heavy atom. The summed E-state index contributed by atoms with van der Waals surface area (Å²) in [4.78, 5) is 4.93. The van der Waals surface area contributed by atoms with Crippen LogP contribution < -0.4 is 0 Å². The molecule has 0 amide bonds. The Labute approximate surface area is 141 Å². The second-order valence-corrected chi connectivity index (χ2v) is 6.23. The number of pyridine rings is 1. The van der Waals surface area contributed by atoms with E-state index in [4.69, 9.17) is 4.98 Å². The molecule has 4 aromatic rings. The highest BCUT2D eigenvalue weighted by Crippen LogP contribution is 2.29. The SMILES string of the molecule is Cc1ccc(-c2nc3cc4ccccc4cc3cc2CCO)cc1. The molecule has 1 heterocycles. The van der Waals surface area contributed by atoms with Crippen molar-refractivity contribution in [2.45, 2.75) is 13.3 Å². The number of aromatic nitrogens is 1. The summed E-state index contributed by atoms with van der Waals surface area (Å²) in [6.45, 7) is 2.21. The van der Waals surface area contributed by atoms with E-state index in [9.17, 15) is 5.11 Å². The number of hydrogen-bond donors (Lipinski definition) is 1. The monoisotopic (exact) mass is 313 g/mol. The molecular formula is C22H19NO. The Morgan fingerprint density at radius 2 is 1.54 bits per heavy atom. The molecule has 4 rings (SSSR count). The molecule has 3 aromatic carbocycles. The van der Waals surface area contributed by atoms with Gasteiger partial charge in [0.2, 0.25) is 0 Å². The second kappa shape index (κ2) is 6.06. The Balaban J connectivity index is 1.98. The Bertz CT molecular complexity index is 1020. The lowest BCUT2D eigenvalue weighted by atomic mass is 9.99. The molecule has 1 N–H and O–H groups in total. The number of fused-ring (bicyclic) bond motifs is 2. The van der Waals surface area contributed by atoms with Crippen molar-refractivity contribution in [1.29, 1.82) is 0 Å². The molecule has 0 saturated carbocycles. The summed E-state index contributed by atoms with van der Waals surface area (Å²) in [5, 5.41) is 13.0. The van der Waals surface area contributed by atoms with Crippen LogP contribution in [0.5, 0.6) is 0 Å². The fraction of sp³-hybridized carbons (Fsp3) is 0.136. The van der Waals surface area contributed by atoms with Gasteiger partial charge >= 0.3 is 0 Å². The Kier molecular flexibility index (Phi) is 3.75. The van der Waals surface area contributed by atoms with Crippen LogP contribution in [0.2, 0.25) is 0 Å². The van der Waals surface area contributed by atoms with Crippen molar-refractivity contribution >= 4 is 21.7 Å². The molecule has 0 aliphatic heterocycles. The predicted octanol–water partition coefficient (Wildman–Crippen LogP) is 4.90. The van der Waals surface area contributed by atoms with Gasteiger partial charge in [0.05, 0.1) is 11.2 Å². The molecule has 0 fully saturated rings. The first-order chi connectivity index (χ1) is 11.7. The van der Waals surface area contributed by atoms with Gasteiger partial charge < -0.3 is 5.11 Å². The predicted molar refractivity (Wildman–Crippen MR) is 100 cm³/mol. The minimum atomic E-state index is 0.125. The van der Waals surface area contributed by atoms with Crippen molar-refractivity contribution in [1.82, 2.24) is 4.98 Å². The van der Waals surface area contributed by atoms with Crippen molar-refractivity contribution in [2.75, 3.05) is 6.61 Å². The third-order valence-corrected chi connectivity index (χ3v) is 4.47. The van der Waals surface area contributed by atoms with Gasteiger partial charge in [-0.3, -0.25) is 0 Å². The quantitative estimate of drug-likeness (QED) is 0.546. The van der Waals surface area contributed by atoms with Gasteiger partial charge in [0, 0.05) is 17.6 Å². The normalized spacial score (nSPS) is 11.2. The van der Waals surface area contributed by atoms with E-state index >= 15 is 0 Å². The molecule has 118 valence electrons. The maximum absolute atomic E-state index is 9.45. The molecule has 0 atom stereocenters. The van der Waals surface area contributed by atoms with Gasteiger partial charge in [-0.05, 0) is 47.9 Å². The van der Waals surface area contributed by atoms with Gasteiger partial charge in [0.25, 0.3) is 0 Å². The molecule has 0 spiro atoms. The molecule has 24 heavy (non-hydrogen) atoms. The van der Waals surface area contributed by atoms with Crippen LogP contribution >= 0.6 is 0 Å². The molecule has 0 aliphatic carbocycles. The molecule has 0 saturated heterocycles. The highest BCUT2D eigenvalue weighted by atomic mass is 16.2. The van der Waals surface area contributed by atoms with Gasteiger partial charge in [-0.1, -0.05) is 54.1 Å². The van der Waals surface area contributed by atoms with Crippen LogP contribution in [0.1, 0.15) is 11.1 Å². The maximum Gasteiger partial charge on any atom is 0.0742 e. The van der Waals surface area contributed by atoms with E-state index < -0.39 is 0 Å². The van der Waals surface area contributed by atoms with Gasteiger partial charge in [0.1, 0.15) is 0 Å². The molecule has 0 unspecified atom stereocenters. The standard InChI is InChI=1S/C22H19NO/c1-15-6-8-16(9-7-15)22-19(10-11-24)13-20-12-17-4-2-3-5-18(17)14-21(20)23-22/h2-9,12-14,24H,10-11H2,1H3. The van der Waals surface area contributed by atoms with Crippen molar-refractivity contribution in [3.63, 3.8) is 0 Å². The van der Waals surface area contributed by atoms with E-state index in [0.29, 0.717) is 6.42 Å². The van der Waals surface area contributed by atoms with Crippen LogP contribution in [0.3, 0.4) is 0 Å². The number of aliphatic hydroxyl groups is 1. The summed E-state index contributed by atoms with van der Waals surface area (Å²) >= 11 is 0. The smallest absolute Gasteiger partial charge is 0.0742 e. The zero-order chi connectivity index (χ0) is 16.5. The number of aryl methyl sites for hydroxylation is 1. The first-order valence-corrected chi connectivity index (χ1v) is 8.25. The van der Waals surface area contributed by atoms with Crippen LogP contribution in [0.25, 0.3) is 32.9 Å². The van der Waals surface area contributed by atoms with Crippen molar-refractivity contribution < 1.29 is 5.11 Å². The fourth-order valence-corrected chi connectivity index (χ4v) is 3.18. The second-order valence-electron chi connectivity index (χ2n) is 6.23. The van der Waals surface area contributed by atoms with E-state index in [0.717, 1.165) is 27.7 Å². The Hall–Kier alpha value is -2.71. The van der Waals surface area contributed by atoms with Crippen LogP contribution in [0.4, 0.5) is 0 Å². The van der Waals surface area contributed by atoms with E-state index in [2.05, 4.69) is 73.7 Å². The van der Waals surface area contributed by atoms with Crippen molar-refractivity contribution in [3.8, 4) is 11.3 Å². The lowest BCUT2D eigenvalue weighted by molar-refractivity contribution is 0.299. The first kappa shape index (κ1) is 14.9. The first-order valence-electron chi connectivity index (χ1n) is 8.25. The topological polar surface area (TPSA) is 33.1 Å². The van der Waals surface area contributed by atoms with E-state index in [-0.39, 0.29) is 6.61 Å². The summed E-state index contributed by atoms with van der Waals surface area (Å²) in [7, 11) is 0. The van der Waals surface area contributed by atoms with Crippen LogP contribution in [-0.4, -0.2) is 16.7 Å². The fourth-order valence-electron chi connectivity index (χ4n) is 3.18. The summed E-state index contributed by atoms with van der Waals surface area (Å²) < 4.78 is 0. The third-order valence-electron chi connectivity index (χ3n) is 4.47. The van der Waals surface area contributed by atoms with Gasteiger partial charge in [-0.2, -0.15) is 0 Å². The molecule has 2 heteroatoms.